The molecule has 0 radical (unpaired) electrons. The van der Waals surface area contributed by atoms with Crippen LogP contribution in [0.2, 0.25) is 0 Å². The number of para-hydroxylation sites is 2. The normalized spacial score (nSPS) is 10.7. The Balaban J connectivity index is 2.19. The predicted octanol–water partition coefficient (Wildman–Crippen LogP) is 1.85. The molecular formula is C13H15N3OS. The molecule has 4 nitrogen and oxygen atoms in total. The predicted molar refractivity (Wildman–Crippen MR) is 76.6 cm³/mol. The summed E-state index contributed by atoms with van der Waals surface area (Å²) >= 11 is 4.83. The summed E-state index contributed by atoms with van der Waals surface area (Å²) in [5.41, 5.74) is 7.09. The average molecular weight is 261 g/mol. The van der Waals surface area contributed by atoms with Crippen molar-refractivity contribution in [1.29, 1.82) is 0 Å². The van der Waals surface area contributed by atoms with E-state index in [4.69, 9.17) is 18.0 Å². The fraction of sp³-hybridized carbons (Fsp3) is 0.308. The van der Waals surface area contributed by atoms with Crippen LogP contribution in [0.1, 0.15) is 19.3 Å². The van der Waals surface area contributed by atoms with Crippen LogP contribution in [0.5, 0.6) is 0 Å². The van der Waals surface area contributed by atoms with E-state index in [9.17, 15) is 4.79 Å². The molecule has 0 fully saturated rings. The van der Waals surface area contributed by atoms with Crippen LogP contribution in [0.4, 0.5) is 0 Å². The van der Waals surface area contributed by atoms with Gasteiger partial charge in [0.05, 0.1) is 22.2 Å². The highest BCUT2D eigenvalue weighted by molar-refractivity contribution is 7.80. The number of aromatic nitrogens is 2. The molecule has 2 N–H and O–H groups in total. The number of unbranched alkanes of at least 4 members (excludes halogenated alkanes) is 1. The third-order valence-corrected chi connectivity index (χ3v) is 3.01. The van der Waals surface area contributed by atoms with Crippen molar-refractivity contribution >= 4 is 28.2 Å². The van der Waals surface area contributed by atoms with E-state index in [-0.39, 0.29) is 5.56 Å². The molecule has 0 saturated heterocycles. The molecule has 5 heteroatoms. The lowest BCUT2D eigenvalue weighted by atomic mass is 10.2. The number of nitrogens with two attached hydrogens (primary N) is 1. The minimum atomic E-state index is -0.0657. The SMILES string of the molecule is NC(=S)CCCCn1c(=O)cnc2ccccc21. The van der Waals surface area contributed by atoms with Gasteiger partial charge in [-0.25, -0.2) is 4.98 Å². The number of aryl methyl sites for hydroxylation is 1. The molecule has 0 bridgehead atoms. The monoisotopic (exact) mass is 261 g/mol. The molecule has 0 aliphatic rings. The van der Waals surface area contributed by atoms with Crippen LogP contribution in [0.25, 0.3) is 11.0 Å². The lowest BCUT2D eigenvalue weighted by molar-refractivity contribution is 0.618. The van der Waals surface area contributed by atoms with Gasteiger partial charge in [-0.05, 0) is 31.4 Å². The Kier molecular flexibility index (Phi) is 4.04. The van der Waals surface area contributed by atoms with Crippen LogP contribution in [-0.2, 0) is 6.54 Å². The van der Waals surface area contributed by atoms with Crippen LogP contribution in [0.3, 0.4) is 0 Å². The van der Waals surface area contributed by atoms with Gasteiger partial charge in [0.25, 0.3) is 5.56 Å². The number of fused-ring (bicyclic) bond motifs is 1. The van der Waals surface area contributed by atoms with Gasteiger partial charge in [-0.2, -0.15) is 0 Å². The van der Waals surface area contributed by atoms with E-state index in [0.29, 0.717) is 11.5 Å². The van der Waals surface area contributed by atoms with Crippen LogP contribution in [0, 0.1) is 0 Å². The minimum absolute atomic E-state index is 0.0657. The Hall–Kier alpha value is -1.75. The van der Waals surface area contributed by atoms with Crippen molar-refractivity contribution in [3.8, 4) is 0 Å². The zero-order valence-corrected chi connectivity index (χ0v) is 10.8. The molecule has 94 valence electrons. The molecule has 0 aliphatic carbocycles. The largest absolute Gasteiger partial charge is 0.393 e. The summed E-state index contributed by atoms with van der Waals surface area (Å²) in [6.07, 6.45) is 3.88. The van der Waals surface area contributed by atoms with Crippen molar-refractivity contribution < 1.29 is 0 Å². The molecule has 1 aromatic carbocycles. The zero-order valence-electron chi connectivity index (χ0n) is 10.0. The molecule has 2 aromatic rings. The summed E-state index contributed by atoms with van der Waals surface area (Å²) in [6.45, 7) is 0.671. The molecule has 0 atom stereocenters. The first-order valence-corrected chi connectivity index (χ1v) is 6.32. The second kappa shape index (κ2) is 5.73. The van der Waals surface area contributed by atoms with E-state index in [1.54, 1.807) is 4.57 Å². The van der Waals surface area contributed by atoms with Crippen molar-refractivity contribution in [2.45, 2.75) is 25.8 Å². The molecule has 0 unspecified atom stereocenters. The third kappa shape index (κ3) is 2.92. The average Bonchev–Trinajstić information content (AvgIpc) is 2.36. The summed E-state index contributed by atoms with van der Waals surface area (Å²) in [5.74, 6) is 0. The lowest BCUT2D eigenvalue weighted by Gasteiger charge is -2.08. The second-order valence-corrected chi connectivity index (χ2v) is 4.68. The Labute approximate surface area is 110 Å². The van der Waals surface area contributed by atoms with E-state index in [0.717, 1.165) is 30.3 Å². The maximum Gasteiger partial charge on any atom is 0.269 e. The first-order valence-electron chi connectivity index (χ1n) is 5.91. The van der Waals surface area contributed by atoms with Gasteiger partial charge in [0.1, 0.15) is 0 Å². The topological polar surface area (TPSA) is 60.9 Å². The number of rotatable bonds is 5. The minimum Gasteiger partial charge on any atom is -0.393 e. The van der Waals surface area contributed by atoms with Gasteiger partial charge in [-0.1, -0.05) is 24.4 Å². The summed E-state index contributed by atoms with van der Waals surface area (Å²) in [6, 6.07) is 7.64. The van der Waals surface area contributed by atoms with Crippen molar-refractivity contribution in [3.63, 3.8) is 0 Å². The second-order valence-electron chi connectivity index (χ2n) is 4.16. The Morgan fingerprint density at radius 1 is 1.33 bits per heavy atom. The first-order chi connectivity index (χ1) is 8.68. The van der Waals surface area contributed by atoms with Crippen molar-refractivity contribution in [2.75, 3.05) is 0 Å². The number of thiocarbonyl (C=S) groups is 1. The van der Waals surface area contributed by atoms with Gasteiger partial charge in [0.15, 0.2) is 0 Å². The zero-order chi connectivity index (χ0) is 13.0. The van der Waals surface area contributed by atoms with Gasteiger partial charge in [-0.3, -0.25) is 4.79 Å². The number of hydrogen-bond acceptors (Lipinski definition) is 3. The van der Waals surface area contributed by atoms with Crippen LogP contribution < -0.4 is 11.3 Å². The summed E-state index contributed by atoms with van der Waals surface area (Å²) in [5, 5.41) is 0. The van der Waals surface area contributed by atoms with Gasteiger partial charge < -0.3 is 10.3 Å². The van der Waals surface area contributed by atoms with E-state index < -0.39 is 0 Å². The smallest absolute Gasteiger partial charge is 0.269 e. The fourth-order valence-electron chi connectivity index (χ4n) is 1.91. The highest BCUT2D eigenvalue weighted by Gasteiger charge is 2.03. The maximum absolute atomic E-state index is 11.8. The highest BCUT2D eigenvalue weighted by atomic mass is 32.1. The van der Waals surface area contributed by atoms with E-state index in [1.165, 1.54) is 6.20 Å². The Morgan fingerprint density at radius 2 is 2.11 bits per heavy atom. The van der Waals surface area contributed by atoms with Crippen molar-refractivity contribution in [2.24, 2.45) is 5.73 Å². The molecule has 2 rings (SSSR count). The summed E-state index contributed by atoms with van der Waals surface area (Å²) in [7, 11) is 0. The van der Waals surface area contributed by atoms with Gasteiger partial charge in [-0.15, -0.1) is 0 Å². The number of nitrogens with zero attached hydrogens (tertiary/aromatic N) is 2. The molecule has 1 aromatic heterocycles. The fourth-order valence-corrected chi connectivity index (χ4v) is 2.06. The highest BCUT2D eigenvalue weighted by Crippen LogP contribution is 2.09. The summed E-state index contributed by atoms with van der Waals surface area (Å²) < 4.78 is 1.75. The van der Waals surface area contributed by atoms with Gasteiger partial charge in [0.2, 0.25) is 0 Å². The molecule has 1 heterocycles. The standard InChI is InChI=1S/C13H15N3OS/c14-12(18)7-3-4-8-16-11-6-2-1-5-10(11)15-9-13(16)17/h1-2,5-6,9H,3-4,7-8H2,(H2,14,18). The first kappa shape index (κ1) is 12.7. The van der Waals surface area contributed by atoms with E-state index >= 15 is 0 Å². The quantitative estimate of drug-likeness (QED) is 0.659. The van der Waals surface area contributed by atoms with Crippen LogP contribution >= 0.6 is 12.2 Å². The number of benzene rings is 1. The molecule has 0 aliphatic heterocycles. The molecule has 18 heavy (non-hydrogen) atoms. The third-order valence-electron chi connectivity index (χ3n) is 2.81. The molecule has 0 amide bonds. The Morgan fingerprint density at radius 3 is 2.89 bits per heavy atom. The van der Waals surface area contributed by atoms with Crippen molar-refractivity contribution in [1.82, 2.24) is 9.55 Å². The van der Waals surface area contributed by atoms with Gasteiger partial charge in [0, 0.05) is 6.54 Å². The molecule has 0 spiro atoms. The molecule has 0 saturated carbocycles. The number of hydrogen-bond donors (Lipinski definition) is 1. The Bertz CT molecular complexity index is 621. The van der Waals surface area contributed by atoms with E-state index in [2.05, 4.69) is 4.98 Å². The van der Waals surface area contributed by atoms with Gasteiger partial charge >= 0.3 is 0 Å². The van der Waals surface area contributed by atoms with Crippen LogP contribution in [-0.4, -0.2) is 14.5 Å². The lowest BCUT2D eigenvalue weighted by Crippen LogP contribution is -2.20. The van der Waals surface area contributed by atoms with Crippen molar-refractivity contribution in [3.05, 3.63) is 40.8 Å². The maximum atomic E-state index is 11.8. The van der Waals surface area contributed by atoms with E-state index in [1.807, 2.05) is 24.3 Å². The van der Waals surface area contributed by atoms with Crippen LogP contribution in [0.15, 0.2) is 35.3 Å². The molecular weight excluding hydrogens is 246 g/mol. The summed E-state index contributed by atoms with van der Waals surface area (Å²) in [4.78, 5) is 16.5.